The van der Waals surface area contributed by atoms with Gasteiger partial charge in [0.15, 0.2) is 12.2 Å². The number of phosphoric ester groups is 2. The minimum absolute atomic E-state index is 0.106. The number of carbonyl (C=O) groups excluding carboxylic acids is 4. The molecule has 0 aromatic rings. The van der Waals surface area contributed by atoms with Crippen molar-refractivity contribution in [3.05, 3.63) is 0 Å². The van der Waals surface area contributed by atoms with Crippen LogP contribution in [0.2, 0.25) is 0 Å². The Labute approximate surface area is 568 Å². The number of phosphoric acid groups is 2. The summed E-state index contributed by atoms with van der Waals surface area (Å²) in [5, 5.41) is 10.6. The Morgan fingerprint density at radius 1 is 0.301 bits per heavy atom. The maximum Gasteiger partial charge on any atom is 0.472 e. The summed E-state index contributed by atoms with van der Waals surface area (Å²) in [6, 6.07) is 0. The Morgan fingerprint density at radius 3 is 0.763 bits per heavy atom. The molecule has 0 heterocycles. The van der Waals surface area contributed by atoms with E-state index in [0.717, 1.165) is 109 Å². The van der Waals surface area contributed by atoms with E-state index in [4.69, 9.17) is 37.0 Å². The monoisotopic (exact) mass is 1370 g/mol. The minimum Gasteiger partial charge on any atom is -0.462 e. The fourth-order valence-corrected chi connectivity index (χ4v) is 12.9. The summed E-state index contributed by atoms with van der Waals surface area (Å²) in [4.78, 5) is 72.5. The molecule has 0 saturated heterocycles. The first-order valence-electron chi connectivity index (χ1n) is 38.7. The topological polar surface area (TPSA) is 237 Å². The summed E-state index contributed by atoms with van der Waals surface area (Å²) in [6.07, 6.45) is 55.7. The second-order valence-electron chi connectivity index (χ2n) is 26.9. The average Bonchev–Trinajstić information content (AvgIpc) is 2.37. The van der Waals surface area contributed by atoms with Gasteiger partial charge in [0.25, 0.3) is 0 Å². The van der Waals surface area contributed by atoms with Crippen LogP contribution in [0, 0.1) is 5.92 Å². The van der Waals surface area contributed by atoms with Gasteiger partial charge in [-0.1, -0.05) is 336 Å². The second-order valence-corrected chi connectivity index (χ2v) is 29.8. The van der Waals surface area contributed by atoms with Crippen LogP contribution in [0.1, 0.15) is 388 Å². The molecular formula is C74H144O17P2. The van der Waals surface area contributed by atoms with Gasteiger partial charge in [-0.15, -0.1) is 0 Å². The lowest BCUT2D eigenvalue weighted by molar-refractivity contribution is -0.161. The van der Waals surface area contributed by atoms with Gasteiger partial charge in [0.1, 0.15) is 19.3 Å². The van der Waals surface area contributed by atoms with Gasteiger partial charge in [-0.2, -0.15) is 0 Å². The molecule has 0 saturated carbocycles. The lowest BCUT2D eigenvalue weighted by Gasteiger charge is -2.21. The van der Waals surface area contributed by atoms with Crippen LogP contribution >= 0.6 is 15.6 Å². The quantitative estimate of drug-likeness (QED) is 0.0222. The van der Waals surface area contributed by atoms with Crippen LogP contribution in [0.3, 0.4) is 0 Å². The lowest BCUT2D eigenvalue weighted by atomic mass is 9.99. The molecule has 3 unspecified atom stereocenters. The van der Waals surface area contributed by atoms with Crippen LogP contribution in [-0.4, -0.2) is 96.7 Å². The van der Waals surface area contributed by atoms with E-state index in [1.165, 1.54) is 199 Å². The number of esters is 4. The van der Waals surface area contributed by atoms with E-state index in [9.17, 15) is 43.2 Å². The van der Waals surface area contributed by atoms with Crippen LogP contribution in [0.15, 0.2) is 0 Å². The number of hydrogen-bond acceptors (Lipinski definition) is 15. The van der Waals surface area contributed by atoms with Crippen LogP contribution < -0.4 is 0 Å². The number of ether oxygens (including phenoxy) is 4. The van der Waals surface area contributed by atoms with Gasteiger partial charge in [-0.3, -0.25) is 37.3 Å². The zero-order valence-corrected chi connectivity index (χ0v) is 62.2. The second kappa shape index (κ2) is 67.3. The van der Waals surface area contributed by atoms with Gasteiger partial charge < -0.3 is 33.8 Å². The number of aliphatic hydroxyl groups excluding tert-OH is 1. The van der Waals surface area contributed by atoms with Crippen molar-refractivity contribution in [1.82, 2.24) is 0 Å². The number of unbranched alkanes of at least 4 members (excludes halogenated alkanes) is 45. The Balaban J connectivity index is 5.16. The maximum absolute atomic E-state index is 13.1. The predicted octanol–water partition coefficient (Wildman–Crippen LogP) is 21.7. The van der Waals surface area contributed by atoms with Gasteiger partial charge in [0.2, 0.25) is 0 Å². The summed E-state index contributed by atoms with van der Waals surface area (Å²) < 4.78 is 68.3. The van der Waals surface area contributed by atoms with E-state index in [-0.39, 0.29) is 25.7 Å². The number of carbonyl (C=O) groups is 4. The van der Waals surface area contributed by atoms with E-state index in [1.54, 1.807) is 0 Å². The summed E-state index contributed by atoms with van der Waals surface area (Å²) >= 11 is 0. The molecule has 3 N–H and O–H groups in total. The normalized spacial score (nSPS) is 14.3. The first kappa shape index (κ1) is 91.1. The molecule has 0 rings (SSSR count). The summed E-state index contributed by atoms with van der Waals surface area (Å²) in [7, 11) is -9.90. The third-order valence-corrected chi connectivity index (χ3v) is 19.5. The molecule has 0 aromatic heterocycles. The zero-order valence-electron chi connectivity index (χ0n) is 60.4. The first-order valence-corrected chi connectivity index (χ1v) is 41.7. The van der Waals surface area contributed by atoms with Crippen LogP contribution in [0.5, 0.6) is 0 Å². The molecule has 0 aliphatic heterocycles. The molecular weight excluding hydrogens is 1220 g/mol. The Morgan fingerprint density at radius 2 is 0.516 bits per heavy atom. The standard InChI is InChI=1S/C74H144O17P2/c1-6-10-13-16-19-21-22-23-24-25-26-27-28-33-36-40-45-50-55-60-74(79)91-70(64-85-72(77)58-53-48-43-39-35-32-30-29-31-34-38-42-46-51-56-67(5)9-4)66-89-93(82,83)87-62-68(75)61-86-92(80,81)88-65-69(63-84-71(76)57-52-47-41-18-15-12-8-3)90-73(78)59-54-49-44-37-20-17-14-11-7-2/h67-70,75H,6-66H2,1-5H3,(H,80,81)(H,82,83)/t67?,68-,69+,70+/m0/s1. The number of rotatable bonds is 74. The highest BCUT2D eigenvalue weighted by atomic mass is 31.2. The summed E-state index contributed by atoms with van der Waals surface area (Å²) in [5.41, 5.74) is 0. The van der Waals surface area contributed by atoms with Crippen LogP contribution in [-0.2, 0) is 65.4 Å². The molecule has 552 valence electrons. The Kier molecular flexibility index (Phi) is 65.9. The van der Waals surface area contributed by atoms with Gasteiger partial charge >= 0.3 is 39.5 Å². The number of hydrogen-bond donors (Lipinski definition) is 3. The van der Waals surface area contributed by atoms with Crippen molar-refractivity contribution in [3.63, 3.8) is 0 Å². The van der Waals surface area contributed by atoms with Crippen molar-refractivity contribution >= 4 is 39.5 Å². The van der Waals surface area contributed by atoms with Crippen molar-refractivity contribution in [2.24, 2.45) is 5.92 Å². The summed E-state index contributed by atoms with van der Waals surface area (Å²) in [5.74, 6) is -1.27. The number of aliphatic hydroxyl groups is 1. The molecule has 0 bridgehead atoms. The van der Waals surface area contributed by atoms with E-state index in [0.29, 0.717) is 25.7 Å². The van der Waals surface area contributed by atoms with E-state index in [2.05, 4.69) is 34.6 Å². The van der Waals surface area contributed by atoms with Gasteiger partial charge in [0, 0.05) is 25.7 Å². The van der Waals surface area contributed by atoms with Crippen molar-refractivity contribution in [2.75, 3.05) is 39.6 Å². The molecule has 0 radical (unpaired) electrons. The predicted molar refractivity (Wildman–Crippen MR) is 377 cm³/mol. The summed E-state index contributed by atoms with van der Waals surface area (Å²) in [6.45, 7) is 7.27. The smallest absolute Gasteiger partial charge is 0.462 e. The van der Waals surface area contributed by atoms with E-state index < -0.39 is 97.5 Å². The van der Waals surface area contributed by atoms with Gasteiger partial charge in [-0.05, 0) is 31.6 Å². The zero-order chi connectivity index (χ0) is 68.4. The molecule has 0 fully saturated rings. The lowest BCUT2D eigenvalue weighted by Crippen LogP contribution is -2.30. The molecule has 93 heavy (non-hydrogen) atoms. The molecule has 0 aliphatic carbocycles. The Hall–Kier alpha value is -1.94. The minimum atomic E-state index is -4.95. The molecule has 0 aromatic carbocycles. The molecule has 17 nitrogen and oxygen atoms in total. The SMILES string of the molecule is CCCCCCCCCCCCCCCCCCCCCC(=O)O[C@H](COC(=O)CCCCCCCCCCCCCCCCC(C)CC)COP(=O)(O)OC[C@@H](O)COP(=O)(O)OC[C@@H](COC(=O)CCCCCCCCC)OC(=O)CCCCCCCCCCC. The largest absolute Gasteiger partial charge is 0.472 e. The molecule has 0 spiro atoms. The van der Waals surface area contributed by atoms with Gasteiger partial charge in [-0.25, -0.2) is 9.13 Å². The average molecular weight is 1370 g/mol. The van der Waals surface area contributed by atoms with Crippen molar-refractivity contribution in [1.29, 1.82) is 0 Å². The van der Waals surface area contributed by atoms with Crippen molar-refractivity contribution < 1.29 is 80.2 Å². The van der Waals surface area contributed by atoms with Crippen molar-refractivity contribution in [3.8, 4) is 0 Å². The molecule has 6 atom stereocenters. The van der Waals surface area contributed by atoms with E-state index >= 15 is 0 Å². The van der Waals surface area contributed by atoms with Crippen LogP contribution in [0.25, 0.3) is 0 Å². The third kappa shape index (κ3) is 67.0. The highest BCUT2D eigenvalue weighted by Crippen LogP contribution is 2.45. The molecule has 0 amide bonds. The fraction of sp³-hybridized carbons (Fsp3) is 0.946. The van der Waals surface area contributed by atoms with E-state index in [1.807, 2.05) is 0 Å². The fourth-order valence-electron chi connectivity index (χ4n) is 11.3. The van der Waals surface area contributed by atoms with Crippen LogP contribution in [0.4, 0.5) is 0 Å². The highest BCUT2D eigenvalue weighted by molar-refractivity contribution is 7.47. The molecule has 0 aliphatic rings. The Bertz CT molecular complexity index is 1790. The maximum atomic E-state index is 13.1. The van der Waals surface area contributed by atoms with Gasteiger partial charge in [0.05, 0.1) is 26.4 Å². The highest BCUT2D eigenvalue weighted by Gasteiger charge is 2.30. The van der Waals surface area contributed by atoms with Crippen molar-refractivity contribution in [2.45, 2.75) is 406 Å². The third-order valence-electron chi connectivity index (χ3n) is 17.6. The molecule has 19 heteroatoms. The first-order chi connectivity index (χ1) is 45.1.